The molecule has 3 aliphatic rings. The Morgan fingerprint density at radius 3 is 2.53 bits per heavy atom. The van der Waals surface area contributed by atoms with E-state index < -0.39 is 29.7 Å². The number of amides is 5. The number of benzene rings is 1. The van der Waals surface area contributed by atoms with Gasteiger partial charge in [-0.3, -0.25) is 33.9 Å². The molecule has 4 heterocycles. The summed E-state index contributed by atoms with van der Waals surface area (Å²) in [6, 6.07) is 5.18. The van der Waals surface area contributed by atoms with Crippen LogP contribution in [0.25, 0.3) is 0 Å². The Bertz CT molecular complexity index is 1470. The highest BCUT2D eigenvalue weighted by atomic mass is 19.1. The zero-order valence-electron chi connectivity index (χ0n) is 26.8. The number of pyridine rings is 1. The Labute approximate surface area is 273 Å². The van der Waals surface area contributed by atoms with Crippen LogP contribution < -0.4 is 15.4 Å². The molecule has 0 aliphatic carbocycles. The van der Waals surface area contributed by atoms with E-state index in [9.17, 15) is 28.4 Å². The minimum absolute atomic E-state index is 0.0344. The number of ether oxygens (including phenoxy) is 1. The van der Waals surface area contributed by atoms with Gasteiger partial charge in [0.05, 0.1) is 24.7 Å². The standard InChI is InChI=1S/C33H42FN7O6/c1-38-20-31(44)41-18-24(37-29(42)19-40-13-3-4-14-40)16-25(41)21-47-28-7-5-23(34)15-26(28)33(46)39(2)27(6-8-30(38)43)32(45)36-17-22-9-11-35-12-10-22/h5,7,9-12,15,24-25,27H,3-4,6,8,13-14,16-21H2,1-2H3,(H,36,45)(H,37,42)/t24-,25+,27+/m1/s1. The fraction of sp³-hybridized carbons (Fsp3) is 0.515. The number of hydrogen-bond acceptors (Lipinski definition) is 8. The Kier molecular flexibility index (Phi) is 11.0. The number of halogens is 1. The van der Waals surface area contributed by atoms with Crippen LogP contribution in [0.5, 0.6) is 5.75 Å². The molecule has 5 rings (SSSR count). The number of aromatic nitrogens is 1. The molecule has 1 aromatic heterocycles. The summed E-state index contributed by atoms with van der Waals surface area (Å²) in [6.07, 6.45) is 5.56. The molecule has 3 aliphatic heterocycles. The first kappa shape index (κ1) is 33.8. The number of likely N-dealkylation sites (N-methyl/N-ethyl adjacent to an activating group) is 2. The van der Waals surface area contributed by atoms with E-state index in [0.717, 1.165) is 37.6 Å². The molecule has 13 nitrogen and oxygen atoms in total. The van der Waals surface area contributed by atoms with Crippen LogP contribution in [0.3, 0.4) is 0 Å². The molecule has 1 aromatic carbocycles. The molecule has 0 saturated carbocycles. The predicted octanol–water partition coefficient (Wildman–Crippen LogP) is 0.790. The molecule has 0 unspecified atom stereocenters. The highest BCUT2D eigenvalue weighted by molar-refractivity contribution is 5.99. The molecule has 0 bridgehead atoms. The van der Waals surface area contributed by atoms with Crippen LogP contribution in [0.1, 0.15) is 48.0 Å². The minimum Gasteiger partial charge on any atom is -0.491 e. The second kappa shape index (κ2) is 15.3. The first-order valence-corrected chi connectivity index (χ1v) is 16.0. The van der Waals surface area contributed by atoms with E-state index in [2.05, 4.69) is 20.5 Å². The van der Waals surface area contributed by atoms with Gasteiger partial charge in [-0.1, -0.05) is 0 Å². The molecule has 2 aromatic rings. The third-order valence-electron chi connectivity index (χ3n) is 9.01. The monoisotopic (exact) mass is 651 g/mol. The minimum atomic E-state index is -1.08. The van der Waals surface area contributed by atoms with Crippen molar-refractivity contribution in [1.82, 2.24) is 35.2 Å². The van der Waals surface area contributed by atoms with Gasteiger partial charge >= 0.3 is 0 Å². The largest absolute Gasteiger partial charge is 0.491 e. The van der Waals surface area contributed by atoms with Crippen LogP contribution in [0.4, 0.5) is 4.39 Å². The molecular weight excluding hydrogens is 609 g/mol. The molecule has 47 heavy (non-hydrogen) atoms. The Morgan fingerprint density at radius 2 is 1.79 bits per heavy atom. The maximum Gasteiger partial charge on any atom is 0.258 e. The SMILES string of the molecule is CN1CC(=O)N2C[C@H](NC(=O)CN3CCCC3)C[C@H]2COc2ccc(F)cc2C(=O)N(C)[C@H](C(=O)NCc2ccncc2)CCC1=O. The number of likely N-dealkylation sites (tertiary alicyclic amines) is 1. The number of rotatable bonds is 6. The van der Waals surface area contributed by atoms with Crippen molar-refractivity contribution < 1.29 is 33.1 Å². The van der Waals surface area contributed by atoms with Crippen molar-refractivity contribution in [3.63, 3.8) is 0 Å². The van der Waals surface area contributed by atoms with Gasteiger partial charge in [-0.15, -0.1) is 0 Å². The number of carbonyl (C=O) groups is 5. The normalized spacial score (nSPS) is 23.0. The topological polar surface area (TPSA) is 144 Å². The van der Waals surface area contributed by atoms with Crippen LogP contribution in [-0.4, -0.2) is 126 Å². The van der Waals surface area contributed by atoms with Gasteiger partial charge in [0.1, 0.15) is 24.2 Å². The third kappa shape index (κ3) is 8.61. The molecule has 2 saturated heterocycles. The lowest BCUT2D eigenvalue weighted by Gasteiger charge is -2.28. The lowest BCUT2D eigenvalue weighted by molar-refractivity contribution is -0.140. The first-order chi connectivity index (χ1) is 22.6. The average Bonchev–Trinajstić information content (AvgIpc) is 3.72. The van der Waals surface area contributed by atoms with Crippen molar-refractivity contribution in [2.24, 2.45) is 0 Å². The molecule has 0 radical (unpaired) electrons. The quantitative estimate of drug-likeness (QED) is 0.467. The van der Waals surface area contributed by atoms with Crippen molar-refractivity contribution in [2.75, 3.05) is 53.4 Å². The van der Waals surface area contributed by atoms with Crippen LogP contribution >= 0.6 is 0 Å². The van der Waals surface area contributed by atoms with Crippen molar-refractivity contribution in [2.45, 2.75) is 56.8 Å². The van der Waals surface area contributed by atoms with E-state index in [1.807, 2.05) is 0 Å². The zero-order valence-corrected chi connectivity index (χ0v) is 26.8. The summed E-state index contributed by atoms with van der Waals surface area (Å²) in [5, 5.41) is 5.85. The van der Waals surface area contributed by atoms with E-state index in [-0.39, 0.29) is 74.2 Å². The summed E-state index contributed by atoms with van der Waals surface area (Å²) < 4.78 is 20.6. The summed E-state index contributed by atoms with van der Waals surface area (Å²) in [6.45, 7) is 2.22. The second-order valence-electron chi connectivity index (χ2n) is 12.4. The van der Waals surface area contributed by atoms with Crippen LogP contribution in [-0.2, 0) is 25.7 Å². The average molecular weight is 652 g/mol. The van der Waals surface area contributed by atoms with Gasteiger partial charge in [0.2, 0.25) is 23.6 Å². The molecule has 3 atom stereocenters. The summed E-state index contributed by atoms with van der Waals surface area (Å²) in [7, 11) is 2.94. The van der Waals surface area contributed by atoms with E-state index >= 15 is 0 Å². The molecule has 14 heteroatoms. The number of carbonyl (C=O) groups excluding carboxylic acids is 5. The molecule has 2 fully saturated rings. The van der Waals surface area contributed by atoms with Gasteiger partial charge in [0.25, 0.3) is 5.91 Å². The van der Waals surface area contributed by atoms with Crippen LogP contribution in [0.15, 0.2) is 42.7 Å². The molecule has 5 amide bonds. The highest BCUT2D eigenvalue weighted by Crippen LogP contribution is 2.26. The smallest absolute Gasteiger partial charge is 0.258 e. The lowest BCUT2D eigenvalue weighted by Crippen LogP contribution is -2.48. The summed E-state index contributed by atoms with van der Waals surface area (Å²) in [5.41, 5.74) is 0.702. The summed E-state index contributed by atoms with van der Waals surface area (Å²) >= 11 is 0. The van der Waals surface area contributed by atoms with E-state index in [1.54, 1.807) is 29.4 Å². The van der Waals surface area contributed by atoms with Crippen molar-refractivity contribution in [3.05, 3.63) is 59.7 Å². The predicted molar refractivity (Wildman–Crippen MR) is 168 cm³/mol. The first-order valence-electron chi connectivity index (χ1n) is 16.0. The van der Waals surface area contributed by atoms with Gasteiger partial charge < -0.3 is 30.1 Å². The fourth-order valence-electron chi connectivity index (χ4n) is 6.36. The van der Waals surface area contributed by atoms with Crippen LogP contribution in [0.2, 0.25) is 0 Å². The van der Waals surface area contributed by atoms with Crippen LogP contribution in [0, 0.1) is 5.82 Å². The fourth-order valence-corrected chi connectivity index (χ4v) is 6.36. The molecule has 2 N–H and O–H groups in total. The maximum atomic E-state index is 14.5. The van der Waals surface area contributed by atoms with E-state index in [1.165, 1.54) is 36.0 Å². The van der Waals surface area contributed by atoms with Gasteiger partial charge in [-0.05, 0) is 74.7 Å². The van der Waals surface area contributed by atoms with Crippen molar-refractivity contribution in [1.29, 1.82) is 0 Å². The zero-order chi connectivity index (χ0) is 33.5. The Balaban J connectivity index is 1.36. The molecular formula is C33H42FN7O6. The van der Waals surface area contributed by atoms with Gasteiger partial charge in [0, 0.05) is 52.0 Å². The number of fused-ring (bicyclic) bond motifs is 2. The Hall–Kier alpha value is -4.59. The third-order valence-corrected chi connectivity index (χ3v) is 9.01. The van der Waals surface area contributed by atoms with E-state index in [0.29, 0.717) is 13.0 Å². The highest BCUT2D eigenvalue weighted by Gasteiger charge is 2.38. The second-order valence-corrected chi connectivity index (χ2v) is 12.4. The Morgan fingerprint density at radius 1 is 1.04 bits per heavy atom. The van der Waals surface area contributed by atoms with Gasteiger partial charge in [-0.2, -0.15) is 0 Å². The number of hydrogen-bond donors (Lipinski definition) is 2. The maximum absolute atomic E-state index is 14.5. The van der Waals surface area contributed by atoms with Crippen molar-refractivity contribution >= 4 is 29.5 Å². The summed E-state index contributed by atoms with van der Waals surface area (Å²) in [5.74, 6) is -2.54. The van der Waals surface area contributed by atoms with Crippen molar-refractivity contribution in [3.8, 4) is 5.75 Å². The molecule has 0 spiro atoms. The molecule has 252 valence electrons. The van der Waals surface area contributed by atoms with Gasteiger partial charge in [0.15, 0.2) is 0 Å². The summed E-state index contributed by atoms with van der Waals surface area (Å²) in [4.78, 5) is 77.0. The number of nitrogens with one attached hydrogen (secondary N) is 2. The van der Waals surface area contributed by atoms with Gasteiger partial charge in [-0.25, -0.2) is 4.39 Å². The number of nitrogens with zero attached hydrogens (tertiary/aromatic N) is 5. The lowest BCUT2D eigenvalue weighted by atomic mass is 10.1. The van der Waals surface area contributed by atoms with E-state index in [4.69, 9.17) is 4.74 Å².